The first-order valence-corrected chi connectivity index (χ1v) is 13.7. The smallest absolute Gasteiger partial charge is 0.140 e. The molecule has 0 bridgehead atoms. The van der Waals surface area contributed by atoms with Crippen LogP contribution in [0.15, 0.2) is 84.0 Å². The van der Waals surface area contributed by atoms with E-state index in [9.17, 15) is 0 Å². The van der Waals surface area contributed by atoms with Crippen molar-refractivity contribution in [3.05, 3.63) is 111 Å². The van der Waals surface area contributed by atoms with Crippen molar-refractivity contribution in [3.63, 3.8) is 0 Å². The number of hydrogen-bond donors (Lipinski definition) is 0. The first kappa shape index (κ1) is 28.8. The number of benzene rings is 3. The van der Waals surface area contributed by atoms with Gasteiger partial charge in [-0.05, 0) is 72.4 Å². The van der Waals surface area contributed by atoms with Crippen LogP contribution in [0, 0.1) is 0 Å². The van der Waals surface area contributed by atoms with Gasteiger partial charge in [0.25, 0.3) is 0 Å². The maximum atomic E-state index is 6.23. The largest absolute Gasteiger partial charge is 0.493 e. The zero-order valence-electron chi connectivity index (χ0n) is 23.0. The standard InChI is InChI=1S/C30H32Cl2N2O.C2H6/c1-7-35-26-18-22(30(4,5)6)12-17-25(26)29-33-27(20-8-13-23(31)14-9-20)28(34(29)19(2)3)21-10-15-24(32)16-11-21;1-2/h8-18,27-28H,2,7H2,1,3-6H3;1-2H3. The molecule has 0 fully saturated rings. The van der Waals surface area contributed by atoms with E-state index in [4.69, 9.17) is 32.9 Å². The Morgan fingerprint density at radius 3 is 1.95 bits per heavy atom. The Kier molecular flexibility index (Phi) is 9.50. The van der Waals surface area contributed by atoms with E-state index < -0.39 is 0 Å². The number of halogens is 2. The highest BCUT2D eigenvalue weighted by Gasteiger charge is 2.40. The van der Waals surface area contributed by atoms with Crippen LogP contribution in [-0.2, 0) is 5.41 Å². The Hall–Kier alpha value is -2.75. The molecule has 0 radical (unpaired) electrons. The minimum absolute atomic E-state index is 0.00753. The van der Waals surface area contributed by atoms with Gasteiger partial charge in [-0.2, -0.15) is 0 Å². The zero-order chi connectivity index (χ0) is 27.3. The third kappa shape index (κ3) is 6.40. The number of hydrogen-bond acceptors (Lipinski definition) is 3. The summed E-state index contributed by atoms with van der Waals surface area (Å²) < 4.78 is 6.15. The fourth-order valence-corrected chi connectivity index (χ4v) is 4.76. The monoisotopic (exact) mass is 536 g/mol. The van der Waals surface area contributed by atoms with Crippen LogP contribution in [0.3, 0.4) is 0 Å². The molecule has 37 heavy (non-hydrogen) atoms. The highest BCUT2D eigenvalue weighted by Crippen LogP contribution is 2.46. The van der Waals surface area contributed by atoms with E-state index in [2.05, 4.69) is 62.6 Å². The van der Waals surface area contributed by atoms with Crippen LogP contribution in [0.1, 0.15) is 82.8 Å². The minimum Gasteiger partial charge on any atom is -0.493 e. The average molecular weight is 538 g/mol. The molecule has 0 saturated carbocycles. The molecule has 0 aromatic heterocycles. The van der Waals surface area contributed by atoms with Crippen LogP contribution in [0.25, 0.3) is 0 Å². The van der Waals surface area contributed by atoms with Crippen LogP contribution in [0.5, 0.6) is 5.75 Å². The summed E-state index contributed by atoms with van der Waals surface area (Å²) in [7, 11) is 0. The average Bonchev–Trinajstić information content (AvgIpc) is 3.26. The molecule has 0 aliphatic carbocycles. The number of aliphatic imine (C=N–C) groups is 1. The first-order chi connectivity index (χ1) is 17.6. The number of allylic oxidation sites excluding steroid dienone is 1. The summed E-state index contributed by atoms with van der Waals surface area (Å²) in [6.45, 7) is 19.6. The van der Waals surface area contributed by atoms with Crippen molar-refractivity contribution in [1.29, 1.82) is 0 Å². The molecule has 196 valence electrons. The second kappa shape index (κ2) is 12.2. The van der Waals surface area contributed by atoms with Crippen molar-refractivity contribution in [2.45, 2.75) is 66.0 Å². The Morgan fingerprint density at radius 1 is 0.919 bits per heavy atom. The van der Waals surface area contributed by atoms with Gasteiger partial charge in [-0.25, -0.2) is 0 Å². The molecule has 1 aliphatic rings. The quantitative estimate of drug-likeness (QED) is 0.313. The Bertz CT molecular complexity index is 1240. The van der Waals surface area contributed by atoms with Crippen molar-refractivity contribution in [2.75, 3.05) is 6.61 Å². The zero-order valence-corrected chi connectivity index (χ0v) is 24.5. The molecule has 0 spiro atoms. The predicted molar refractivity (Wildman–Crippen MR) is 159 cm³/mol. The lowest BCUT2D eigenvalue weighted by Gasteiger charge is -2.32. The molecule has 1 heterocycles. The van der Waals surface area contributed by atoms with Crippen molar-refractivity contribution in [2.24, 2.45) is 4.99 Å². The topological polar surface area (TPSA) is 24.8 Å². The third-order valence-corrected chi connectivity index (χ3v) is 6.79. The number of rotatable bonds is 6. The minimum atomic E-state index is -0.156. The summed E-state index contributed by atoms with van der Waals surface area (Å²) >= 11 is 12.4. The van der Waals surface area contributed by atoms with Crippen molar-refractivity contribution in [1.82, 2.24) is 4.90 Å². The second-order valence-corrected chi connectivity index (χ2v) is 10.8. The van der Waals surface area contributed by atoms with Crippen LogP contribution in [0.4, 0.5) is 0 Å². The highest BCUT2D eigenvalue weighted by molar-refractivity contribution is 6.30. The van der Waals surface area contributed by atoms with E-state index in [0.29, 0.717) is 16.7 Å². The Morgan fingerprint density at radius 2 is 1.46 bits per heavy atom. The van der Waals surface area contributed by atoms with Crippen LogP contribution < -0.4 is 4.74 Å². The molecular weight excluding hydrogens is 499 g/mol. The number of ether oxygens (including phenoxy) is 1. The molecule has 3 aromatic rings. The van der Waals surface area contributed by atoms with E-state index in [0.717, 1.165) is 34.0 Å². The van der Waals surface area contributed by atoms with E-state index in [1.807, 2.05) is 64.1 Å². The summed E-state index contributed by atoms with van der Waals surface area (Å²) in [5.74, 6) is 1.68. The molecule has 2 atom stereocenters. The maximum absolute atomic E-state index is 6.23. The van der Waals surface area contributed by atoms with Crippen molar-refractivity contribution < 1.29 is 4.74 Å². The lowest BCUT2D eigenvalue weighted by molar-refractivity contribution is 0.336. The van der Waals surface area contributed by atoms with Crippen molar-refractivity contribution in [3.8, 4) is 5.75 Å². The summed E-state index contributed by atoms with van der Waals surface area (Å²) in [5.41, 5.74) is 5.28. The summed E-state index contributed by atoms with van der Waals surface area (Å²) in [5, 5.41) is 1.40. The first-order valence-electron chi connectivity index (χ1n) is 12.9. The fraction of sp³-hybridized carbons (Fsp3) is 0.344. The van der Waals surface area contributed by atoms with Gasteiger partial charge in [0.05, 0.1) is 18.2 Å². The lowest BCUT2D eigenvalue weighted by Crippen LogP contribution is -2.30. The molecular formula is C32H38Cl2N2O. The summed E-state index contributed by atoms with van der Waals surface area (Å²) in [6.07, 6.45) is 0. The summed E-state index contributed by atoms with van der Waals surface area (Å²) in [4.78, 5) is 7.52. The van der Waals surface area contributed by atoms with Crippen LogP contribution >= 0.6 is 23.2 Å². The molecule has 0 saturated heterocycles. The van der Waals surface area contributed by atoms with Gasteiger partial charge in [0.1, 0.15) is 17.6 Å². The van der Waals surface area contributed by atoms with E-state index in [1.54, 1.807) is 0 Å². The van der Waals surface area contributed by atoms with Gasteiger partial charge in [-0.15, -0.1) is 0 Å². The summed E-state index contributed by atoms with van der Waals surface area (Å²) in [6, 6.07) is 22.1. The van der Waals surface area contributed by atoms with Crippen LogP contribution in [0.2, 0.25) is 10.0 Å². The number of amidine groups is 1. The highest BCUT2D eigenvalue weighted by atomic mass is 35.5. The molecule has 0 N–H and O–H groups in total. The van der Waals surface area contributed by atoms with Gasteiger partial charge in [-0.1, -0.05) is 94.7 Å². The van der Waals surface area contributed by atoms with Gasteiger partial charge in [0.2, 0.25) is 0 Å². The molecule has 5 heteroatoms. The van der Waals surface area contributed by atoms with Crippen molar-refractivity contribution >= 4 is 29.0 Å². The molecule has 4 rings (SSSR count). The van der Waals surface area contributed by atoms with E-state index in [1.165, 1.54) is 5.56 Å². The lowest BCUT2D eigenvalue weighted by atomic mass is 9.86. The van der Waals surface area contributed by atoms with Gasteiger partial charge >= 0.3 is 0 Å². The normalized spacial score (nSPS) is 17.1. The molecule has 2 unspecified atom stereocenters. The predicted octanol–water partition coefficient (Wildman–Crippen LogP) is 9.79. The molecule has 1 aliphatic heterocycles. The van der Waals surface area contributed by atoms with E-state index in [-0.39, 0.29) is 17.5 Å². The van der Waals surface area contributed by atoms with Gasteiger partial charge in [0, 0.05) is 15.7 Å². The third-order valence-electron chi connectivity index (χ3n) is 6.29. The fourth-order valence-electron chi connectivity index (χ4n) is 4.51. The Balaban J connectivity index is 0.00000186. The molecule has 3 aromatic carbocycles. The van der Waals surface area contributed by atoms with Gasteiger partial charge in [-0.3, -0.25) is 4.99 Å². The van der Waals surface area contributed by atoms with Crippen LogP contribution in [-0.4, -0.2) is 17.3 Å². The maximum Gasteiger partial charge on any atom is 0.140 e. The SMILES string of the molecule is C=C(C)N1C(c2ccc(C(C)(C)C)cc2OCC)=NC(c2ccc(Cl)cc2)C1c1ccc(Cl)cc1.CC. The Labute approximate surface area is 232 Å². The molecule has 0 amide bonds. The number of nitrogens with zero attached hydrogens (tertiary/aromatic N) is 2. The van der Waals surface area contributed by atoms with Gasteiger partial charge in [0.15, 0.2) is 0 Å². The van der Waals surface area contributed by atoms with Gasteiger partial charge < -0.3 is 9.64 Å². The van der Waals surface area contributed by atoms with E-state index >= 15 is 0 Å². The molecule has 3 nitrogen and oxygen atoms in total. The second-order valence-electron chi connectivity index (χ2n) is 9.94.